The Morgan fingerprint density at radius 2 is 2.10 bits per heavy atom. The van der Waals surface area contributed by atoms with Crippen molar-refractivity contribution >= 4 is 17.3 Å². The lowest BCUT2D eigenvalue weighted by Crippen LogP contribution is -2.46. The lowest BCUT2D eigenvalue weighted by molar-refractivity contribution is -0.149. The number of esters is 1. The number of nitrogens with two attached hydrogens (primary N) is 1. The first-order valence-electron chi connectivity index (χ1n) is 6.96. The Balaban J connectivity index is 2.43. The van der Waals surface area contributed by atoms with Crippen molar-refractivity contribution in [2.45, 2.75) is 25.7 Å². The SMILES string of the molecule is CCOC(=O)C(CN)(Cc1nc(C)cs1)c1ccccc1. The van der Waals surface area contributed by atoms with E-state index in [9.17, 15) is 4.79 Å². The van der Waals surface area contributed by atoms with Crippen LogP contribution in [0.25, 0.3) is 0 Å². The molecule has 0 bridgehead atoms. The summed E-state index contributed by atoms with van der Waals surface area (Å²) in [4.78, 5) is 17.0. The minimum absolute atomic E-state index is 0.189. The monoisotopic (exact) mass is 304 g/mol. The van der Waals surface area contributed by atoms with E-state index in [0.717, 1.165) is 16.3 Å². The second-order valence-corrected chi connectivity index (χ2v) is 5.87. The van der Waals surface area contributed by atoms with Crippen LogP contribution in [0.5, 0.6) is 0 Å². The molecule has 2 N–H and O–H groups in total. The van der Waals surface area contributed by atoms with Gasteiger partial charge in [-0.15, -0.1) is 11.3 Å². The maximum atomic E-state index is 12.6. The first kappa shape index (κ1) is 15.7. The summed E-state index contributed by atoms with van der Waals surface area (Å²) in [5, 5.41) is 2.88. The molecule has 0 aliphatic carbocycles. The third-order valence-corrected chi connectivity index (χ3v) is 4.43. The molecule has 1 unspecified atom stereocenters. The molecule has 4 nitrogen and oxygen atoms in total. The molecule has 0 amide bonds. The fourth-order valence-electron chi connectivity index (χ4n) is 2.33. The number of aromatic nitrogens is 1. The van der Waals surface area contributed by atoms with E-state index in [1.165, 1.54) is 0 Å². The summed E-state index contributed by atoms with van der Waals surface area (Å²) in [6.07, 6.45) is 0.463. The summed E-state index contributed by atoms with van der Waals surface area (Å²) in [6.45, 7) is 4.27. The minimum atomic E-state index is -0.873. The Kier molecular flexibility index (Phi) is 5.09. The number of benzene rings is 1. The van der Waals surface area contributed by atoms with Crippen molar-refractivity contribution in [2.24, 2.45) is 5.73 Å². The van der Waals surface area contributed by atoms with Crippen LogP contribution in [0, 0.1) is 6.92 Å². The number of carbonyl (C=O) groups excluding carboxylic acids is 1. The molecule has 5 heteroatoms. The molecular weight excluding hydrogens is 284 g/mol. The zero-order valence-electron chi connectivity index (χ0n) is 12.3. The van der Waals surface area contributed by atoms with Crippen LogP contribution < -0.4 is 5.73 Å². The predicted octanol–water partition coefficient (Wildman–Crippen LogP) is 2.45. The quantitative estimate of drug-likeness (QED) is 0.833. The first-order valence-corrected chi connectivity index (χ1v) is 7.84. The Hall–Kier alpha value is -1.72. The average molecular weight is 304 g/mol. The topological polar surface area (TPSA) is 65.2 Å². The molecule has 0 aliphatic heterocycles. The van der Waals surface area contributed by atoms with Gasteiger partial charge < -0.3 is 10.5 Å². The van der Waals surface area contributed by atoms with E-state index >= 15 is 0 Å². The number of hydrogen-bond acceptors (Lipinski definition) is 5. The van der Waals surface area contributed by atoms with Gasteiger partial charge in [-0.2, -0.15) is 0 Å². The maximum absolute atomic E-state index is 12.6. The van der Waals surface area contributed by atoms with E-state index in [-0.39, 0.29) is 12.5 Å². The van der Waals surface area contributed by atoms with Crippen LogP contribution in [0.2, 0.25) is 0 Å². The second kappa shape index (κ2) is 6.83. The second-order valence-electron chi connectivity index (χ2n) is 4.93. The summed E-state index contributed by atoms with van der Waals surface area (Å²) >= 11 is 1.55. The van der Waals surface area contributed by atoms with Gasteiger partial charge in [0.1, 0.15) is 5.41 Å². The van der Waals surface area contributed by atoms with E-state index in [1.54, 1.807) is 18.3 Å². The summed E-state index contributed by atoms with van der Waals surface area (Å²) in [5.41, 5.74) is 6.96. The zero-order chi connectivity index (χ0) is 15.3. The zero-order valence-corrected chi connectivity index (χ0v) is 13.2. The lowest BCUT2D eigenvalue weighted by Gasteiger charge is -2.29. The van der Waals surface area contributed by atoms with Crippen LogP contribution in [-0.4, -0.2) is 24.1 Å². The Morgan fingerprint density at radius 3 is 2.62 bits per heavy atom. The predicted molar refractivity (Wildman–Crippen MR) is 84.4 cm³/mol. The Labute approximate surface area is 129 Å². The van der Waals surface area contributed by atoms with E-state index < -0.39 is 5.41 Å². The molecule has 0 saturated carbocycles. The molecule has 0 spiro atoms. The molecule has 1 atom stereocenters. The van der Waals surface area contributed by atoms with Gasteiger partial charge in [0, 0.05) is 24.0 Å². The lowest BCUT2D eigenvalue weighted by atomic mass is 9.77. The molecule has 1 heterocycles. The van der Waals surface area contributed by atoms with Gasteiger partial charge in [0.2, 0.25) is 0 Å². The number of aryl methyl sites for hydroxylation is 1. The van der Waals surface area contributed by atoms with Gasteiger partial charge >= 0.3 is 5.97 Å². The molecule has 2 aromatic rings. The molecular formula is C16H20N2O2S. The summed E-state index contributed by atoms with van der Waals surface area (Å²) in [5.74, 6) is -0.286. The maximum Gasteiger partial charge on any atom is 0.318 e. The highest BCUT2D eigenvalue weighted by atomic mass is 32.1. The van der Waals surface area contributed by atoms with Crippen molar-refractivity contribution in [3.05, 3.63) is 52.0 Å². The van der Waals surface area contributed by atoms with E-state index in [1.807, 2.05) is 42.6 Å². The van der Waals surface area contributed by atoms with Crippen LogP contribution in [0.4, 0.5) is 0 Å². The minimum Gasteiger partial charge on any atom is -0.465 e. The highest BCUT2D eigenvalue weighted by molar-refractivity contribution is 7.09. The highest BCUT2D eigenvalue weighted by Gasteiger charge is 2.41. The molecule has 112 valence electrons. The van der Waals surface area contributed by atoms with Gasteiger partial charge in [0.05, 0.1) is 11.6 Å². The number of thiazole rings is 1. The van der Waals surface area contributed by atoms with Crippen molar-refractivity contribution < 1.29 is 9.53 Å². The van der Waals surface area contributed by atoms with Crippen molar-refractivity contribution in [1.29, 1.82) is 0 Å². The van der Waals surface area contributed by atoms with Gasteiger partial charge in [0.25, 0.3) is 0 Å². The van der Waals surface area contributed by atoms with Crippen LogP contribution in [-0.2, 0) is 21.4 Å². The van der Waals surface area contributed by atoms with Crippen LogP contribution in [0.15, 0.2) is 35.7 Å². The van der Waals surface area contributed by atoms with Gasteiger partial charge in [-0.25, -0.2) is 4.98 Å². The molecule has 0 fully saturated rings. The Bertz CT molecular complexity index is 597. The number of ether oxygens (including phenoxy) is 1. The van der Waals surface area contributed by atoms with Crippen molar-refractivity contribution in [3.8, 4) is 0 Å². The van der Waals surface area contributed by atoms with Gasteiger partial charge in [-0.3, -0.25) is 4.79 Å². The molecule has 1 aromatic carbocycles. The van der Waals surface area contributed by atoms with E-state index in [0.29, 0.717) is 13.0 Å². The van der Waals surface area contributed by atoms with E-state index in [2.05, 4.69) is 4.98 Å². The molecule has 1 aromatic heterocycles. The van der Waals surface area contributed by atoms with Crippen LogP contribution in [0.3, 0.4) is 0 Å². The standard InChI is InChI=1S/C16H20N2O2S/c1-3-20-15(19)16(11-17,13-7-5-4-6-8-13)9-14-18-12(2)10-21-14/h4-8,10H,3,9,11,17H2,1-2H3. The van der Waals surface area contributed by atoms with Crippen molar-refractivity contribution in [3.63, 3.8) is 0 Å². The Morgan fingerprint density at radius 1 is 1.38 bits per heavy atom. The van der Waals surface area contributed by atoms with Gasteiger partial charge in [-0.05, 0) is 19.4 Å². The first-order chi connectivity index (χ1) is 10.1. The van der Waals surface area contributed by atoms with E-state index in [4.69, 9.17) is 10.5 Å². The summed E-state index contributed by atoms with van der Waals surface area (Å²) in [7, 11) is 0. The van der Waals surface area contributed by atoms with Crippen molar-refractivity contribution in [2.75, 3.05) is 13.2 Å². The summed E-state index contributed by atoms with van der Waals surface area (Å²) in [6, 6.07) is 9.58. The fourth-order valence-corrected chi connectivity index (χ4v) is 3.22. The third-order valence-electron chi connectivity index (χ3n) is 3.46. The number of hydrogen-bond donors (Lipinski definition) is 1. The normalized spacial score (nSPS) is 13.7. The highest BCUT2D eigenvalue weighted by Crippen LogP contribution is 2.30. The van der Waals surface area contributed by atoms with Gasteiger partial charge in [0.15, 0.2) is 0 Å². The smallest absolute Gasteiger partial charge is 0.318 e. The number of rotatable bonds is 6. The molecule has 0 saturated heterocycles. The molecule has 2 rings (SSSR count). The van der Waals surface area contributed by atoms with Crippen LogP contribution in [0.1, 0.15) is 23.2 Å². The van der Waals surface area contributed by atoms with Crippen molar-refractivity contribution in [1.82, 2.24) is 4.98 Å². The van der Waals surface area contributed by atoms with Gasteiger partial charge in [-0.1, -0.05) is 30.3 Å². The van der Waals surface area contributed by atoms with Crippen LogP contribution >= 0.6 is 11.3 Å². The molecule has 21 heavy (non-hydrogen) atoms. The molecule has 0 aliphatic rings. The molecule has 0 radical (unpaired) electrons. The fraction of sp³-hybridized carbons (Fsp3) is 0.375. The number of carbonyl (C=O) groups is 1. The summed E-state index contributed by atoms with van der Waals surface area (Å²) < 4.78 is 5.29. The largest absolute Gasteiger partial charge is 0.465 e. The average Bonchev–Trinajstić information content (AvgIpc) is 2.91. The third kappa shape index (κ3) is 3.31. The number of nitrogens with zero attached hydrogens (tertiary/aromatic N) is 1.